The van der Waals surface area contributed by atoms with E-state index in [1.165, 1.54) is 58.7 Å². The third-order valence-electron chi connectivity index (χ3n) is 11.1. The molecule has 0 amide bonds. The molecule has 0 bridgehead atoms. The van der Waals surface area contributed by atoms with Gasteiger partial charge in [0.1, 0.15) is 0 Å². The quantitative estimate of drug-likeness (QED) is 0.170. The standard InChI is InChI=1S/C52H35N3S/c1-3-12-36(13-4-1)46-33-47(37-14-5-2-6-15-37)54-52(53-46)38-24-22-34(23-25-38)39-28-31-43-42-16-7-9-20-48(42)55(49(43)32-39)40-29-26-35(27-30-40)41-18-11-19-45-44-17-8-10-21-50(44)56-51(41)45/h1,3-5,7-33H,2,6H2. The Morgan fingerprint density at radius 2 is 1.16 bits per heavy atom. The summed E-state index contributed by atoms with van der Waals surface area (Å²) in [5.41, 5.74) is 13.5. The number of aromatic nitrogens is 3. The molecule has 0 N–H and O–H groups in total. The lowest BCUT2D eigenvalue weighted by molar-refractivity contribution is 1.03. The van der Waals surface area contributed by atoms with Gasteiger partial charge in [0.05, 0.1) is 22.4 Å². The molecule has 0 spiro atoms. The highest BCUT2D eigenvalue weighted by molar-refractivity contribution is 7.26. The second-order valence-corrected chi connectivity index (χ2v) is 15.5. The van der Waals surface area contributed by atoms with E-state index >= 15 is 0 Å². The summed E-state index contributed by atoms with van der Waals surface area (Å²) in [6.45, 7) is 0. The lowest BCUT2D eigenvalue weighted by Crippen LogP contribution is -1.98. The van der Waals surface area contributed by atoms with Gasteiger partial charge in [-0.15, -0.1) is 11.3 Å². The Morgan fingerprint density at radius 3 is 2.00 bits per heavy atom. The second-order valence-electron chi connectivity index (χ2n) is 14.5. The van der Waals surface area contributed by atoms with Crippen molar-refractivity contribution in [1.82, 2.24) is 14.5 Å². The molecule has 0 saturated carbocycles. The van der Waals surface area contributed by atoms with Crippen LogP contribution in [0.1, 0.15) is 18.5 Å². The molecule has 0 aliphatic heterocycles. The highest BCUT2D eigenvalue weighted by atomic mass is 32.1. The number of hydrogen-bond donors (Lipinski definition) is 0. The Bertz CT molecular complexity index is 3160. The van der Waals surface area contributed by atoms with E-state index < -0.39 is 0 Å². The Morgan fingerprint density at radius 1 is 0.464 bits per heavy atom. The van der Waals surface area contributed by atoms with E-state index in [9.17, 15) is 0 Å². The molecule has 4 heteroatoms. The second kappa shape index (κ2) is 13.5. The Labute approximate surface area is 329 Å². The highest BCUT2D eigenvalue weighted by Gasteiger charge is 2.16. The SMILES string of the molecule is C1=CC(c2cc(-c3ccccc3)nc(-c3ccc(-c4ccc5c6ccccc6n(-c6ccc(-c7cccc8c7sc7ccccc78)cc6)c5c4)cc3)n2)=CCC1. The van der Waals surface area contributed by atoms with Crippen molar-refractivity contribution in [2.24, 2.45) is 0 Å². The van der Waals surface area contributed by atoms with Crippen molar-refractivity contribution >= 4 is 58.9 Å². The number of para-hydroxylation sites is 1. The molecule has 0 atom stereocenters. The van der Waals surface area contributed by atoms with Crippen LogP contribution in [-0.2, 0) is 0 Å². The molecular weight excluding hydrogens is 699 g/mol. The number of thiophene rings is 1. The zero-order chi connectivity index (χ0) is 37.0. The lowest BCUT2D eigenvalue weighted by Gasteiger charge is -2.12. The third kappa shape index (κ3) is 5.57. The summed E-state index contributed by atoms with van der Waals surface area (Å²) in [6.07, 6.45) is 8.79. The van der Waals surface area contributed by atoms with E-state index in [0.717, 1.165) is 58.0 Å². The Balaban J connectivity index is 0.974. The van der Waals surface area contributed by atoms with Crippen LogP contribution in [0.4, 0.5) is 0 Å². The van der Waals surface area contributed by atoms with Crippen molar-refractivity contribution in [2.75, 3.05) is 0 Å². The fourth-order valence-electron chi connectivity index (χ4n) is 8.29. The maximum Gasteiger partial charge on any atom is 0.160 e. The van der Waals surface area contributed by atoms with E-state index in [1.807, 2.05) is 17.4 Å². The molecule has 0 radical (unpaired) electrons. The van der Waals surface area contributed by atoms with Crippen LogP contribution in [0.25, 0.3) is 98.1 Å². The minimum atomic E-state index is 0.732. The molecule has 3 nitrogen and oxygen atoms in total. The van der Waals surface area contributed by atoms with Crippen molar-refractivity contribution in [3.63, 3.8) is 0 Å². The first-order valence-corrected chi connectivity index (χ1v) is 20.0. The average Bonchev–Trinajstić information content (AvgIpc) is 3.83. The van der Waals surface area contributed by atoms with Gasteiger partial charge in [0.15, 0.2) is 5.82 Å². The number of hydrogen-bond acceptors (Lipinski definition) is 3. The van der Waals surface area contributed by atoms with Crippen molar-refractivity contribution in [2.45, 2.75) is 12.8 Å². The van der Waals surface area contributed by atoms with E-state index in [4.69, 9.17) is 9.97 Å². The Hall–Kier alpha value is -6.88. The molecule has 7 aromatic carbocycles. The molecule has 1 aliphatic rings. The third-order valence-corrected chi connectivity index (χ3v) is 12.3. The molecule has 0 saturated heterocycles. The average molecular weight is 734 g/mol. The predicted molar refractivity (Wildman–Crippen MR) is 237 cm³/mol. The normalized spacial score (nSPS) is 12.9. The molecule has 3 aromatic heterocycles. The minimum Gasteiger partial charge on any atom is -0.309 e. The largest absolute Gasteiger partial charge is 0.309 e. The molecule has 10 aromatic rings. The number of nitrogens with zero attached hydrogens (tertiary/aromatic N) is 3. The van der Waals surface area contributed by atoms with Crippen molar-refractivity contribution < 1.29 is 0 Å². The first-order chi connectivity index (χ1) is 27.7. The molecule has 3 heterocycles. The monoisotopic (exact) mass is 733 g/mol. The first-order valence-electron chi connectivity index (χ1n) is 19.2. The van der Waals surface area contributed by atoms with Gasteiger partial charge >= 0.3 is 0 Å². The van der Waals surface area contributed by atoms with Crippen LogP contribution in [0.5, 0.6) is 0 Å². The molecule has 11 rings (SSSR count). The maximum atomic E-state index is 5.08. The van der Waals surface area contributed by atoms with Gasteiger partial charge in [-0.05, 0) is 77.1 Å². The number of rotatable bonds is 6. The topological polar surface area (TPSA) is 30.7 Å². The van der Waals surface area contributed by atoms with Crippen molar-refractivity contribution in [3.05, 3.63) is 194 Å². The summed E-state index contributed by atoms with van der Waals surface area (Å²) < 4.78 is 5.07. The van der Waals surface area contributed by atoms with E-state index in [1.54, 1.807) is 0 Å². The number of allylic oxidation sites excluding steroid dienone is 4. The van der Waals surface area contributed by atoms with Crippen LogP contribution < -0.4 is 0 Å². The zero-order valence-electron chi connectivity index (χ0n) is 30.6. The first kappa shape index (κ1) is 32.5. The minimum absolute atomic E-state index is 0.732. The van der Waals surface area contributed by atoms with E-state index in [0.29, 0.717) is 0 Å². The van der Waals surface area contributed by atoms with Gasteiger partial charge in [0, 0.05) is 47.8 Å². The van der Waals surface area contributed by atoms with Gasteiger partial charge in [-0.25, -0.2) is 9.97 Å². The van der Waals surface area contributed by atoms with Gasteiger partial charge < -0.3 is 4.57 Å². The van der Waals surface area contributed by atoms with Gasteiger partial charge in [0.25, 0.3) is 0 Å². The fourth-order valence-corrected chi connectivity index (χ4v) is 9.53. The Kier molecular flexibility index (Phi) is 7.82. The summed E-state index contributed by atoms with van der Waals surface area (Å²) in [4.78, 5) is 10.1. The maximum absolute atomic E-state index is 5.08. The highest BCUT2D eigenvalue weighted by Crippen LogP contribution is 2.41. The van der Waals surface area contributed by atoms with Crippen LogP contribution in [0.2, 0.25) is 0 Å². The van der Waals surface area contributed by atoms with Crippen LogP contribution in [0, 0.1) is 0 Å². The summed E-state index contributed by atoms with van der Waals surface area (Å²) in [5.74, 6) is 0.732. The molecule has 56 heavy (non-hydrogen) atoms. The predicted octanol–water partition coefficient (Wildman–Crippen LogP) is 14.3. The van der Waals surface area contributed by atoms with Crippen LogP contribution in [0.15, 0.2) is 188 Å². The zero-order valence-corrected chi connectivity index (χ0v) is 31.4. The fraction of sp³-hybridized carbons (Fsp3) is 0.0385. The van der Waals surface area contributed by atoms with Gasteiger partial charge in [-0.3, -0.25) is 0 Å². The summed E-state index contributed by atoms with van der Waals surface area (Å²) >= 11 is 1.88. The van der Waals surface area contributed by atoms with E-state index in [-0.39, 0.29) is 0 Å². The number of benzene rings is 7. The van der Waals surface area contributed by atoms with Crippen LogP contribution in [0.3, 0.4) is 0 Å². The summed E-state index contributed by atoms with van der Waals surface area (Å²) in [5, 5.41) is 5.14. The summed E-state index contributed by atoms with van der Waals surface area (Å²) in [6, 6.07) is 61.3. The van der Waals surface area contributed by atoms with Crippen LogP contribution >= 0.6 is 11.3 Å². The summed E-state index contributed by atoms with van der Waals surface area (Å²) in [7, 11) is 0. The van der Waals surface area contributed by atoms with Crippen LogP contribution in [-0.4, -0.2) is 14.5 Å². The van der Waals surface area contributed by atoms with Gasteiger partial charge in [-0.1, -0.05) is 152 Å². The molecule has 0 unspecified atom stereocenters. The van der Waals surface area contributed by atoms with E-state index in [2.05, 4.69) is 187 Å². The lowest BCUT2D eigenvalue weighted by atomic mass is 10.0. The van der Waals surface area contributed by atoms with Crippen molar-refractivity contribution in [3.8, 4) is 50.6 Å². The number of fused-ring (bicyclic) bond motifs is 6. The van der Waals surface area contributed by atoms with Crippen molar-refractivity contribution in [1.29, 1.82) is 0 Å². The van der Waals surface area contributed by atoms with Gasteiger partial charge in [0.2, 0.25) is 0 Å². The molecule has 0 fully saturated rings. The molecule has 264 valence electrons. The molecule has 1 aliphatic carbocycles. The van der Waals surface area contributed by atoms with Gasteiger partial charge in [-0.2, -0.15) is 0 Å². The molecular formula is C52H35N3S. The smallest absolute Gasteiger partial charge is 0.160 e.